The molecule has 5 nitrogen and oxygen atoms in total. The van der Waals surface area contributed by atoms with E-state index >= 15 is 0 Å². The average Bonchev–Trinajstić information content (AvgIpc) is 3.90. The van der Waals surface area contributed by atoms with Gasteiger partial charge in [-0.2, -0.15) is 0 Å². The van der Waals surface area contributed by atoms with Gasteiger partial charge in [-0.05, 0) is 57.6 Å². The lowest BCUT2D eigenvalue weighted by molar-refractivity contribution is 0.669. The third-order valence-electron chi connectivity index (χ3n) is 13.4. The Hall–Kier alpha value is -8.19. The molecule has 302 valence electrons. The van der Waals surface area contributed by atoms with E-state index in [1.54, 1.807) is 0 Å². The highest BCUT2D eigenvalue weighted by molar-refractivity contribution is 7.99. The molecule has 1 aliphatic carbocycles. The largest absolute Gasteiger partial charge is 0.456 e. The number of fused-ring (bicyclic) bond motifs is 16. The summed E-state index contributed by atoms with van der Waals surface area (Å²) in [5.41, 5.74) is 14.4. The first kappa shape index (κ1) is 36.3. The summed E-state index contributed by atoms with van der Waals surface area (Å²) in [7, 11) is 0. The second-order valence-corrected chi connectivity index (χ2v) is 17.9. The molecule has 2 aliphatic rings. The van der Waals surface area contributed by atoms with Crippen LogP contribution in [-0.4, -0.2) is 19.9 Å². The van der Waals surface area contributed by atoms with Crippen molar-refractivity contribution in [1.29, 1.82) is 0 Å². The molecule has 6 heteroatoms. The third kappa shape index (κ3) is 5.23. The van der Waals surface area contributed by atoms with Gasteiger partial charge < -0.3 is 4.42 Å². The van der Waals surface area contributed by atoms with Crippen molar-refractivity contribution in [2.24, 2.45) is 0 Å². The van der Waals surface area contributed by atoms with Gasteiger partial charge in [-0.3, -0.25) is 0 Å². The second kappa shape index (κ2) is 13.9. The van der Waals surface area contributed by atoms with Gasteiger partial charge in [-0.1, -0.05) is 194 Å². The molecule has 65 heavy (non-hydrogen) atoms. The van der Waals surface area contributed by atoms with Crippen LogP contribution in [0.3, 0.4) is 0 Å². The molecule has 0 fully saturated rings. The predicted octanol–water partition coefficient (Wildman–Crippen LogP) is 15.0. The Kier molecular flexibility index (Phi) is 7.77. The van der Waals surface area contributed by atoms with Crippen molar-refractivity contribution in [3.63, 3.8) is 0 Å². The van der Waals surface area contributed by atoms with Crippen LogP contribution in [0.25, 0.3) is 100 Å². The van der Waals surface area contributed by atoms with Gasteiger partial charge in [-0.15, -0.1) is 0 Å². The first-order chi connectivity index (χ1) is 32.2. The number of pyridine rings is 1. The lowest BCUT2D eigenvalue weighted by Gasteiger charge is -2.40. The highest BCUT2D eigenvalue weighted by Crippen LogP contribution is 2.63. The molecule has 1 spiro atoms. The van der Waals surface area contributed by atoms with Gasteiger partial charge in [0.1, 0.15) is 11.2 Å². The number of hydrogen-bond donors (Lipinski definition) is 0. The van der Waals surface area contributed by atoms with Crippen molar-refractivity contribution in [2.75, 3.05) is 0 Å². The fourth-order valence-corrected chi connectivity index (χ4v) is 12.0. The van der Waals surface area contributed by atoms with Crippen molar-refractivity contribution in [3.8, 4) is 56.5 Å². The standard InChI is InChI=1S/C59H34N4OS/c1-3-16-35(17-4-1)54-42-32-33-47-55(65-51-29-14-12-26-46(51)59(47)44-24-10-7-20-38(44)39-21-8-11-25-45(39)59)53(42)40-31-30-37(34-48(40)60-54)57-61-56(36-18-5-2-6-19-36)62-58(63-57)43-23-15-28-50-52(43)41-22-9-13-27-49(41)64-50/h1-34H. The maximum Gasteiger partial charge on any atom is 0.164 e. The third-order valence-corrected chi connectivity index (χ3v) is 14.6. The molecule has 4 heterocycles. The lowest BCUT2D eigenvalue weighted by Crippen LogP contribution is -2.32. The second-order valence-electron chi connectivity index (χ2n) is 16.8. The highest BCUT2D eigenvalue weighted by atomic mass is 32.2. The summed E-state index contributed by atoms with van der Waals surface area (Å²) in [5.74, 6) is 1.74. The van der Waals surface area contributed by atoms with Gasteiger partial charge in [0.25, 0.3) is 0 Å². The normalized spacial score (nSPS) is 13.3. The van der Waals surface area contributed by atoms with Crippen molar-refractivity contribution >= 4 is 55.4 Å². The Morgan fingerprint density at radius 1 is 0.369 bits per heavy atom. The van der Waals surface area contributed by atoms with Crippen LogP contribution in [0.15, 0.2) is 220 Å². The van der Waals surface area contributed by atoms with E-state index in [4.69, 9.17) is 24.4 Å². The average molecular weight is 847 g/mol. The van der Waals surface area contributed by atoms with Gasteiger partial charge >= 0.3 is 0 Å². The van der Waals surface area contributed by atoms with Crippen LogP contribution in [0, 0.1) is 0 Å². The predicted molar refractivity (Wildman–Crippen MR) is 263 cm³/mol. The minimum absolute atomic E-state index is 0.501. The van der Waals surface area contributed by atoms with Crippen LogP contribution in [0.5, 0.6) is 0 Å². The van der Waals surface area contributed by atoms with E-state index < -0.39 is 5.41 Å². The van der Waals surface area contributed by atoms with Crippen molar-refractivity contribution < 1.29 is 4.42 Å². The molecular weight excluding hydrogens is 813 g/mol. The van der Waals surface area contributed by atoms with Crippen LogP contribution in [0.1, 0.15) is 22.3 Å². The lowest BCUT2D eigenvalue weighted by atomic mass is 9.67. The SMILES string of the molecule is c1ccc(-c2nc(-c3ccc4c(c3)nc(-c3ccccc3)c3ccc5c(c34)Sc3ccccc3C53c4ccccc4-c4ccccc43)nc(-c3cccc4oc5ccccc5c34)n2)cc1. The summed E-state index contributed by atoms with van der Waals surface area (Å²) < 4.78 is 6.32. The van der Waals surface area contributed by atoms with E-state index in [9.17, 15) is 0 Å². The van der Waals surface area contributed by atoms with Gasteiger partial charge in [0.2, 0.25) is 0 Å². The van der Waals surface area contributed by atoms with Gasteiger partial charge in [0, 0.05) is 59.0 Å². The van der Waals surface area contributed by atoms with Crippen LogP contribution in [-0.2, 0) is 5.41 Å². The number of para-hydroxylation sites is 1. The van der Waals surface area contributed by atoms with E-state index in [2.05, 4.69) is 146 Å². The molecule has 0 amide bonds. The van der Waals surface area contributed by atoms with Crippen LogP contribution < -0.4 is 0 Å². The molecule has 14 rings (SSSR count). The number of furan rings is 1. The first-order valence-electron chi connectivity index (χ1n) is 21.9. The number of nitrogens with zero attached hydrogens (tertiary/aromatic N) is 4. The Bertz CT molecular complexity index is 3890. The van der Waals surface area contributed by atoms with Gasteiger partial charge in [0.05, 0.1) is 16.6 Å². The maximum atomic E-state index is 6.32. The number of aromatic nitrogens is 4. The summed E-state index contributed by atoms with van der Waals surface area (Å²) in [6.07, 6.45) is 0. The zero-order valence-electron chi connectivity index (χ0n) is 34.7. The number of rotatable bonds is 4. The quantitative estimate of drug-likeness (QED) is 0.164. The highest BCUT2D eigenvalue weighted by Gasteiger charge is 2.50. The van der Waals surface area contributed by atoms with E-state index in [1.807, 2.05) is 72.4 Å². The van der Waals surface area contributed by atoms with Crippen LogP contribution in [0.2, 0.25) is 0 Å². The molecule has 0 saturated carbocycles. The Morgan fingerprint density at radius 3 is 1.75 bits per heavy atom. The Labute approximate surface area is 378 Å². The molecule has 12 aromatic rings. The molecule has 9 aromatic carbocycles. The zero-order valence-corrected chi connectivity index (χ0v) is 35.6. The number of hydrogen-bond acceptors (Lipinski definition) is 6. The minimum atomic E-state index is -0.501. The zero-order chi connectivity index (χ0) is 42.6. The number of benzene rings is 9. The summed E-state index contributed by atoms with van der Waals surface area (Å²) in [6, 6.07) is 73.2. The van der Waals surface area contributed by atoms with E-state index in [-0.39, 0.29) is 0 Å². The fraction of sp³-hybridized carbons (Fsp3) is 0.0169. The molecular formula is C59H34N4OS. The van der Waals surface area contributed by atoms with Crippen molar-refractivity contribution in [3.05, 3.63) is 229 Å². The van der Waals surface area contributed by atoms with Gasteiger partial charge in [-0.25, -0.2) is 19.9 Å². The Balaban J connectivity index is 1.05. The summed E-state index contributed by atoms with van der Waals surface area (Å²) in [4.78, 5) is 23.7. The monoisotopic (exact) mass is 846 g/mol. The van der Waals surface area contributed by atoms with Crippen LogP contribution >= 0.6 is 11.8 Å². The van der Waals surface area contributed by atoms with Crippen LogP contribution in [0.4, 0.5) is 0 Å². The topological polar surface area (TPSA) is 64.7 Å². The first-order valence-corrected chi connectivity index (χ1v) is 22.7. The smallest absolute Gasteiger partial charge is 0.164 e. The molecule has 0 unspecified atom stereocenters. The minimum Gasteiger partial charge on any atom is -0.456 e. The summed E-state index contributed by atoms with van der Waals surface area (Å²) >= 11 is 1.87. The van der Waals surface area contributed by atoms with Crippen molar-refractivity contribution in [1.82, 2.24) is 19.9 Å². The molecule has 1 aliphatic heterocycles. The molecule has 0 radical (unpaired) electrons. The van der Waals surface area contributed by atoms with E-state index in [0.29, 0.717) is 17.5 Å². The summed E-state index contributed by atoms with van der Waals surface area (Å²) in [5, 5.41) is 5.39. The fourth-order valence-electron chi connectivity index (χ4n) is 10.7. The summed E-state index contributed by atoms with van der Waals surface area (Å²) in [6.45, 7) is 0. The van der Waals surface area contributed by atoms with Crippen molar-refractivity contribution in [2.45, 2.75) is 15.2 Å². The molecule has 0 saturated heterocycles. The molecule has 3 aromatic heterocycles. The van der Waals surface area contributed by atoms with Gasteiger partial charge in [0.15, 0.2) is 17.5 Å². The molecule has 0 bridgehead atoms. The van der Waals surface area contributed by atoms with E-state index in [0.717, 1.165) is 66.2 Å². The molecule has 0 N–H and O–H groups in total. The Morgan fingerprint density at radius 2 is 0.969 bits per heavy atom. The molecule has 0 atom stereocenters. The maximum absolute atomic E-state index is 6.32. The van der Waals surface area contributed by atoms with E-state index in [1.165, 1.54) is 48.6 Å².